The largest absolute Gasteiger partial charge is 0.385 e. The topological polar surface area (TPSA) is 23.5 Å². The van der Waals surface area contributed by atoms with Crippen molar-refractivity contribution in [2.45, 2.75) is 49.9 Å². The normalized spacial score (nSPS) is 26.4. The quantitative estimate of drug-likeness (QED) is 0.431. The van der Waals surface area contributed by atoms with Crippen molar-refractivity contribution in [2.75, 3.05) is 0 Å². The molecule has 2 bridgehead atoms. The molecule has 2 unspecified atom stereocenters. The van der Waals surface area contributed by atoms with Crippen LogP contribution in [0.5, 0.6) is 0 Å². The van der Waals surface area contributed by atoms with Gasteiger partial charge in [-0.3, -0.25) is 4.90 Å². The summed E-state index contributed by atoms with van der Waals surface area (Å²) in [6, 6.07) is 31.0. The minimum absolute atomic E-state index is 0.437. The Morgan fingerprint density at radius 1 is 0.733 bits per heavy atom. The second-order valence-corrected chi connectivity index (χ2v) is 9.18. The molecule has 0 spiro atoms. The van der Waals surface area contributed by atoms with Gasteiger partial charge in [-0.2, -0.15) is 0 Å². The summed E-state index contributed by atoms with van der Waals surface area (Å²) >= 11 is 0. The molecule has 2 heterocycles. The molecule has 2 saturated heterocycles. The van der Waals surface area contributed by atoms with Gasteiger partial charge in [0.1, 0.15) is 0 Å². The number of piperidine rings is 1. The summed E-state index contributed by atoms with van der Waals surface area (Å²) in [5.74, 6) is 0. The lowest BCUT2D eigenvalue weighted by Crippen LogP contribution is -2.49. The van der Waals surface area contributed by atoms with E-state index < -0.39 is 5.60 Å². The molecule has 150 valence electrons. The number of aliphatic hydroxyl groups is 1. The molecule has 0 aromatic heterocycles. The van der Waals surface area contributed by atoms with Gasteiger partial charge in [-0.25, -0.2) is 0 Å². The van der Waals surface area contributed by atoms with Gasteiger partial charge < -0.3 is 5.11 Å². The van der Waals surface area contributed by atoms with Crippen molar-refractivity contribution in [2.24, 2.45) is 0 Å². The second kappa shape index (κ2) is 6.94. The molecule has 0 saturated carbocycles. The molecule has 30 heavy (non-hydrogen) atoms. The first-order chi connectivity index (χ1) is 14.7. The lowest BCUT2D eigenvalue weighted by atomic mass is 9.76. The Bertz CT molecular complexity index is 1150. The predicted octanol–water partition coefficient (Wildman–Crippen LogP) is 6.01. The Hall–Kier alpha value is -2.68. The molecule has 0 aliphatic carbocycles. The molecule has 4 aromatic carbocycles. The van der Waals surface area contributed by atoms with E-state index in [2.05, 4.69) is 89.8 Å². The highest BCUT2D eigenvalue weighted by molar-refractivity contribution is 6.03. The van der Waals surface area contributed by atoms with Gasteiger partial charge in [0, 0.05) is 18.6 Å². The lowest BCUT2D eigenvalue weighted by Gasteiger charge is -2.45. The first-order valence-electron chi connectivity index (χ1n) is 11.1. The van der Waals surface area contributed by atoms with Crippen molar-refractivity contribution in [3.05, 3.63) is 96.1 Å². The Balaban J connectivity index is 1.44. The molecule has 0 radical (unpaired) electrons. The third-order valence-electron chi connectivity index (χ3n) is 7.36. The van der Waals surface area contributed by atoms with E-state index in [0.717, 1.165) is 24.9 Å². The molecule has 2 nitrogen and oxygen atoms in total. The maximum absolute atomic E-state index is 12.2. The van der Waals surface area contributed by atoms with E-state index in [1.807, 2.05) is 0 Å². The molecule has 2 aliphatic rings. The Morgan fingerprint density at radius 3 is 1.87 bits per heavy atom. The Labute approximate surface area is 177 Å². The first kappa shape index (κ1) is 18.1. The van der Waals surface area contributed by atoms with Crippen molar-refractivity contribution in [3.8, 4) is 0 Å². The van der Waals surface area contributed by atoms with E-state index in [4.69, 9.17) is 0 Å². The Morgan fingerprint density at radius 2 is 1.27 bits per heavy atom. The minimum atomic E-state index is -0.778. The van der Waals surface area contributed by atoms with Crippen molar-refractivity contribution in [1.29, 1.82) is 0 Å². The summed E-state index contributed by atoms with van der Waals surface area (Å²) in [5, 5.41) is 17.0. The summed E-state index contributed by atoms with van der Waals surface area (Å²) in [6.07, 6.45) is 3.99. The average molecular weight is 394 g/mol. The molecule has 4 aromatic rings. The zero-order valence-corrected chi connectivity index (χ0v) is 17.2. The Kier molecular flexibility index (Phi) is 4.19. The van der Waals surface area contributed by atoms with E-state index in [1.54, 1.807) is 0 Å². The van der Waals surface area contributed by atoms with E-state index in [1.165, 1.54) is 39.9 Å². The minimum Gasteiger partial charge on any atom is -0.385 e. The van der Waals surface area contributed by atoms with Crippen molar-refractivity contribution < 1.29 is 5.11 Å². The van der Waals surface area contributed by atoms with Crippen LogP contribution in [-0.4, -0.2) is 22.1 Å². The number of fused-ring (bicyclic) bond motifs is 4. The summed E-state index contributed by atoms with van der Waals surface area (Å²) in [5.41, 5.74) is 1.74. The van der Waals surface area contributed by atoms with Crippen LogP contribution in [0.4, 0.5) is 0 Å². The van der Waals surface area contributed by atoms with Crippen LogP contribution < -0.4 is 0 Å². The van der Waals surface area contributed by atoms with Crippen molar-refractivity contribution >= 4 is 21.5 Å². The zero-order chi connectivity index (χ0) is 20.1. The second-order valence-electron chi connectivity index (χ2n) is 9.18. The van der Waals surface area contributed by atoms with E-state index in [-0.39, 0.29) is 0 Å². The van der Waals surface area contributed by atoms with Crippen LogP contribution in [0.1, 0.15) is 36.8 Å². The standard InChI is InChI=1S/C28H27NO/c30-28(17-23-14-15-24(18-28)29(23)19-20-8-2-1-3-9-20)27-25-12-6-4-10-21(25)16-22-11-5-7-13-26(22)27/h1-13,16,23-24,30H,14-15,17-19H2. The summed E-state index contributed by atoms with van der Waals surface area (Å²) in [6.45, 7) is 0.989. The van der Waals surface area contributed by atoms with Crippen LogP contribution in [-0.2, 0) is 12.1 Å². The van der Waals surface area contributed by atoms with Crippen LogP contribution in [0.15, 0.2) is 84.9 Å². The van der Waals surface area contributed by atoms with E-state index in [9.17, 15) is 5.11 Å². The molecule has 2 atom stereocenters. The fraction of sp³-hybridized carbons (Fsp3) is 0.286. The zero-order valence-electron chi connectivity index (χ0n) is 17.2. The van der Waals surface area contributed by atoms with E-state index in [0.29, 0.717) is 12.1 Å². The molecule has 0 amide bonds. The fourth-order valence-corrected chi connectivity index (χ4v) is 6.09. The van der Waals surface area contributed by atoms with Gasteiger partial charge in [0.25, 0.3) is 0 Å². The number of hydrogen-bond acceptors (Lipinski definition) is 2. The third-order valence-corrected chi connectivity index (χ3v) is 7.36. The molecular weight excluding hydrogens is 366 g/mol. The summed E-state index contributed by atoms with van der Waals surface area (Å²) < 4.78 is 0. The van der Waals surface area contributed by atoms with Crippen molar-refractivity contribution in [1.82, 2.24) is 4.90 Å². The maximum Gasteiger partial charge on any atom is 0.0938 e. The van der Waals surface area contributed by atoms with Crippen LogP contribution in [0.3, 0.4) is 0 Å². The van der Waals surface area contributed by atoms with Crippen molar-refractivity contribution in [3.63, 3.8) is 0 Å². The average Bonchev–Trinajstić information content (AvgIpc) is 3.02. The summed E-state index contributed by atoms with van der Waals surface area (Å²) in [7, 11) is 0. The fourth-order valence-electron chi connectivity index (χ4n) is 6.09. The molecule has 6 rings (SSSR count). The number of benzene rings is 4. The smallest absolute Gasteiger partial charge is 0.0938 e. The monoisotopic (exact) mass is 393 g/mol. The maximum atomic E-state index is 12.2. The van der Waals surface area contributed by atoms with Gasteiger partial charge in [0.2, 0.25) is 0 Å². The molecular formula is C28H27NO. The van der Waals surface area contributed by atoms with Crippen LogP contribution in [0.2, 0.25) is 0 Å². The molecule has 2 aliphatic heterocycles. The van der Waals surface area contributed by atoms with E-state index >= 15 is 0 Å². The highest BCUT2D eigenvalue weighted by atomic mass is 16.3. The van der Waals surface area contributed by atoms with Gasteiger partial charge in [-0.1, -0.05) is 78.9 Å². The predicted molar refractivity (Wildman–Crippen MR) is 123 cm³/mol. The SMILES string of the molecule is OC1(c2c3ccccc3cc3ccccc23)CC2CCC(C1)N2Cc1ccccc1. The number of rotatable bonds is 3. The van der Waals surface area contributed by atoms with Gasteiger partial charge >= 0.3 is 0 Å². The highest BCUT2D eigenvalue weighted by Gasteiger charge is 2.49. The lowest BCUT2D eigenvalue weighted by molar-refractivity contribution is -0.0575. The number of hydrogen-bond donors (Lipinski definition) is 1. The van der Waals surface area contributed by atoms with Gasteiger partial charge in [-0.15, -0.1) is 0 Å². The third kappa shape index (κ3) is 2.86. The molecule has 2 heteroatoms. The first-order valence-corrected chi connectivity index (χ1v) is 11.1. The van der Waals surface area contributed by atoms with Crippen LogP contribution >= 0.6 is 0 Å². The highest BCUT2D eigenvalue weighted by Crippen LogP contribution is 2.49. The number of nitrogens with zero attached hydrogens (tertiary/aromatic N) is 1. The molecule has 1 N–H and O–H groups in total. The van der Waals surface area contributed by atoms with Crippen LogP contribution in [0, 0.1) is 0 Å². The van der Waals surface area contributed by atoms with Crippen LogP contribution in [0.25, 0.3) is 21.5 Å². The van der Waals surface area contributed by atoms with Gasteiger partial charge in [0.15, 0.2) is 0 Å². The summed E-state index contributed by atoms with van der Waals surface area (Å²) in [4.78, 5) is 2.65. The van der Waals surface area contributed by atoms with Gasteiger partial charge in [0.05, 0.1) is 5.60 Å². The van der Waals surface area contributed by atoms with Gasteiger partial charge in [-0.05, 0) is 64.4 Å². The molecule has 2 fully saturated rings.